The van der Waals surface area contributed by atoms with Gasteiger partial charge in [0.05, 0.1) is 11.0 Å². The van der Waals surface area contributed by atoms with Crippen LogP contribution in [0.5, 0.6) is 0 Å². The molecule has 2 rings (SSSR count). The Bertz CT molecular complexity index is 481. The third-order valence-corrected chi connectivity index (χ3v) is 2.18. The highest BCUT2D eigenvalue weighted by Crippen LogP contribution is 2.30. The fourth-order valence-electron chi connectivity index (χ4n) is 1.24. The first-order chi connectivity index (χ1) is 6.58. The Morgan fingerprint density at radius 1 is 1.29 bits per heavy atom. The van der Waals surface area contributed by atoms with E-state index in [1.54, 1.807) is 0 Å². The summed E-state index contributed by atoms with van der Waals surface area (Å²) < 4.78 is 25.1. The summed E-state index contributed by atoms with van der Waals surface area (Å²) in [4.78, 5) is 6.38. The van der Waals surface area contributed by atoms with E-state index in [4.69, 9.17) is 23.2 Å². The van der Waals surface area contributed by atoms with Crippen molar-refractivity contribution in [2.75, 3.05) is 0 Å². The van der Waals surface area contributed by atoms with Gasteiger partial charge >= 0.3 is 0 Å². The number of nitrogens with one attached hydrogen (secondary N) is 1. The predicted molar refractivity (Wildman–Crippen MR) is 51.1 cm³/mol. The van der Waals surface area contributed by atoms with Crippen LogP contribution in [0.2, 0.25) is 10.3 Å². The van der Waals surface area contributed by atoms with E-state index in [1.807, 2.05) is 0 Å². The van der Waals surface area contributed by atoms with Crippen molar-refractivity contribution in [1.29, 1.82) is 0 Å². The van der Waals surface area contributed by atoms with Crippen molar-refractivity contribution in [3.63, 3.8) is 0 Å². The van der Waals surface area contributed by atoms with E-state index in [1.165, 1.54) is 12.1 Å². The zero-order valence-electron chi connectivity index (χ0n) is 6.69. The van der Waals surface area contributed by atoms with Gasteiger partial charge in [0, 0.05) is 10.6 Å². The predicted octanol–water partition coefficient (Wildman–Crippen LogP) is 3.81. The van der Waals surface area contributed by atoms with Crippen LogP contribution in [0, 0.1) is 0 Å². The molecule has 0 amide bonds. The molecule has 1 aromatic heterocycles. The molecule has 0 atom stereocenters. The maximum Gasteiger partial charge on any atom is 0.266 e. The number of imidazole rings is 1. The van der Waals surface area contributed by atoms with Crippen molar-refractivity contribution in [1.82, 2.24) is 9.97 Å². The summed E-state index contributed by atoms with van der Waals surface area (Å²) in [5, 5.41) is 0.303. The molecule has 0 radical (unpaired) electrons. The van der Waals surface area contributed by atoms with Crippen LogP contribution in [-0.2, 0) is 0 Å². The molecule has 0 saturated carbocycles. The molecule has 1 heterocycles. The van der Waals surface area contributed by atoms with Gasteiger partial charge in [0.2, 0.25) is 5.28 Å². The van der Waals surface area contributed by atoms with Gasteiger partial charge in [-0.3, -0.25) is 0 Å². The number of fused-ring (bicyclic) bond motifs is 1. The number of hydrogen-bond donors (Lipinski definition) is 1. The summed E-state index contributed by atoms with van der Waals surface area (Å²) in [6.45, 7) is 0. The SMILES string of the molecule is FC(F)c1cc(Cl)cc2[nH]c(Cl)nc12. The van der Waals surface area contributed by atoms with Gasteiger partial charge in [0.15, 0.2) is 0 Å². The summed E-state index contributed by atoms with van der Waals surface area (Å²) in [6, 6.07) is 2.69. The lowest BCUT2D eigenvalue weighted by Crippen LogP contribution is -1.86. The molecular weight excluding hydrogens is 233 g/mol. The Morgan fingerprint density at radius 3 is 2.64 bits per heavy atom. The number of rotatable bonds is 1. The molecule has 0 aliphatic rings. The Balaban J connectivity index is 2.79. The van der Waals surface area contributed by atoms with Gasteiger partial charge in [-0.1, -0.05) is 11.6 Å². The average molecular weight is 237 g/mol. The Labute approximate surface area is 87.8 Å². The van der Waals surface area contributed by atoms with Gasteiger partial charge in [0.25, 0.3) is 6.43 Å². The molecule has 2 nitrogen and oxygen atoms in total. The first-order valence-corrected chi connectivity index (χ1v) is 4.46. The van der Waals surface area contributed by atoms with Gasteiger partial charge in [-0.05, 0) is 23.7 Å². The molecule has 0 bridgehead atoms. The topological polar surface area (TPSA) is 28.7 Å². The minimum Gasteiger partial charge on any atom is -0.329 e. The van der Waals surface area contributed by atoms with Gasteiger partial charge in [-0.2, -0.15) is 0 Å². The highest BCUT2D eigenvalue weighted by atomic mass is 35.5. The van der Waals surface area contributed by atoms with Crippen LogP contribution >= 0.6 is 23.2 Å². The number of aromatic amines is 1. The molecule has 0 fully saturated rings. The lowest BCUT2D eigenvalue weighted by molar-refractivity contribution is 0.153. The fraction of sp³-hybridized carbons (Fsp3) is 0.125. The second-order valence-electron chi connectivity index (χ2n) is 2.72. The maximum absolute atomic E-state index is 12.5. The van der Waals surface area contributed by atoms with E-state index in [2.05, 4.69) is 9.97 Å². The highest BCUT2D eigenvalue weighted by Gasteiger charge is 2.15. The molecule has 0 saturated heterocycles. The fourth-order valence-corrected chi connectivity index (χ4v) is 1.66. The molecule has 0 unspecified atom stereocenters. The van der Waals surface area contributed by atoms with Gasteiger partial charge in [0.1, 0.15) is 0 Å². The molecule has 0 spiro atoms. The number of H-pyrrole nitrogens is 1. The third kappa shape index (κ3) is 1.55. The second kappa shape index (κ2) is 3.37. The van der Waals surface area contributed by atoms with Crippen molar-refractivity contribution >= 4 is 34.2 Å². The summed E-state index contributed by atoms with van der Waals surface area (Å²) >= 11 is 11.2. The monoisotopic (exact) mass is 236 g/mol. The molecule has 1 aromatic carbocycles. The summed E-state index contributed by atoms with van der Waals surface area (Å²) in [6.07, 6.45) is -2.62. The molecule has 1 N–H and O–H groups in total. The van der Waals surface area contributed by atoms with Gasteiger partial charge in [-0.15, -0.1) is 0 Å². The summed E-state index contributed by atoms with van der Waals surface area (Å²) in [5.74, 6) is 0. The molecular formula is C8H4Cl2F2N2. The normalized spacial score (nSPS) is 11.5. The van der Waals surface area contributed by atoms with Gasteiger partial charge in [-0.25, -0.2) is 13.8 Å². The van der Waals surface area contributed by atoms with E-state index in [0.717, 1.165) is 0 Å². The largest absolute Gasteiger partial charge is 0.329 e. The van der Waals surface area contributed by atoms with E-state index >= 15 is 0 Å². The lowest BCUT2D eigenvalue weighted by atomic mass is 10.2. The summed E-state index contributed by atoms with van der Waals surface area (Å²) in [7, 11) is 0. The molecule has 74 valence electrons. The minimum absolute atomic E-state index is 0.0733. The number of hydrogen-bond acceptors (Lipinski definition) is 1. The smallest absolute Gasteiger partial charge is 0.266 e. The molecule has 0 aliphatic heterocycles. The van der Waals surface area contributed by atoms with Crippen molar-refractivity contribution in [3.8, 4) is 0 Å². The molecule has 14 heavy (non-hydrogen) atoms. The standard InChI is InChI=1S/C8H4Cl2F2N2/c9-3-1-4(7(11)12)6-5(2-3)13-8(10)14-6/h1-2,7H,(H,13,14). The molecule has 0 aliphatic carbocycles. The lowest BCUT2D eigenvalue weighted by Gasteiger charge is -2.00. The number of alkyl halides is 2. The number of benzene rings is 1. The van der Waals surface area contributed by atoms with E-state index < -0.39 is 6.43 Å². The van der Waals surface area contributed by atoms with Gasteiger partial charge < -0.3 is 4.98 Å². The van der Waals surface area contributed by atoms with Crippen LogP contribution in [0.15, 0.2) is 12.1 Å². The summed E-state index contributed by atoms with van der Waals surface area (Å²) in [5.41, 5.74) is 0.364. The zero-order valence-corrected chi connectivity index (χ0v) is 8.20. The Morgan fingerprint density at radius 2 is 2.00 bits per heavy atom. The number of halogens is 4. The Kier molecular flexibility index (Phi) is 2.33. The highest BCUT2D eigenvalue weighted by molar-refractivity contribution is 6.32. The minimum atomic E-state index is -2.62. The van der Waals surface area contributed by atoms with Crippen LogP contribution in [0.4, 0.5) is 8.78 Å². The van der Waals surface area contributed by atoms with Crippen LogP contribution < -0.4 is 0 Å². The van der Waals surface area contributed by atoms with Crippen molar-refractivity contribution < 1.29 is 8.78 Å². The number of aromatic nitrogens is 2. The van der Waals surface area contributed by atoms with Crippen LogP contribution in [0.3, 0.4) is 0 Å². The van der Waals surface area contributed by atoms with Crippen molar-refractivity contribution in [3.05, 3.63) is 28.0 Å². The third-order valence-electron chi connectivity index (χ3n) is 1.79. The molecule has 6 heteroatoms. The van der Waals surface area contributed by atoms with E-state index in [-0.39, 0.29) is 21.4 Å². The molecule has 2 aromatic rings. The van der Waals surface area contributed by atoms with Crippen LogP contribution in [0.1, 0.15) is 12.0 Å². The maximum atomic E-state index is 12.5. The van der Waals surface area contributed by atoms with E-state index in [0.29, 0.717) is 5.52 Å². The van der Waals surface area contributed by atoms with Crippen molar-refractivity contribution in [2.24, 2.45) is 0 Å². The average Bonchev–Trinajstić information content (AvgIpc) is 2.42. The first kappa shape index (κ1) is 9.68. The second-order valence-corrected chi connectivity index (χ2v) is 3.51. The zero-order chi connectivity index (χ0) is 10.3. The number of nitrogens with zero attached hydrogens (tertiary/aromatic N) is 1. The van der Waals surface area contributed by atoms with Crippen LogP contribution in [-0.4, -0.2) is 9.97 Å². The van der Waals surface area contributed by atoms with Crippen LogP contribution in [0.25, 0.3) is 11.0 Å². The first-order valence-electron chi connectivity index (χ1n) is 3.70. The van der Waals surface area contributed by atoms with E-state index in [9.17, 15) is 8.78 Å². The van der Waals surface area contributed by atoms with Crippen molar-refractivity contribution in [2.45, 2.75) is 6.43 Å². The quantitative estimate of drug-likeness (QED) is 0.802. The Hall–Kier alpha value is -0.870.